The molecule has 2 aromatic carbocycles. The number of halogens is 1. The molecule has 1 aliphatic heterocycles. The number of nitrogens with zero attached hydrogens (tertiary/aromatic N) is 2. The zero-order chi connectivity index (χ0) is 16.2. The lowest BCUT2D eigenvalue weighted by molar-refractivity contribution is 0.0860. The van der Waals surface area contributed by atoms with E-state index in [0.717, 1.165) is 15.4 Å². The van der Waals surface area contributed by atoms with E-state index in [0.29, 0.717) is 18.7 Å². The Labute approximate surface area is 148 Å². The third-order valence-electron chi connectivity index (χ3n) is 3.76. The summed E-state index contributed by atoms with van der Waals surface area (Å²) in [4.78, 5) is 18.9. The second-order valence-electron chi connectivity index (χ2n) is 5.34. The van der Waals surface area contributed by atoms with Gasteiger partial charge in [0.2, 0.25) is 0 Å². The minimum absolute atomic E-state index is 0.0195. The molecule has 0 aromatic heterocycles. The largest absolute Gasteiger partial charge is 0.286 e. The first-order valence-corrected chi connectivity index (χ1v) is 9.22. The van der Waals surface area contributed by atoms with Crippen LogP contribution in [0.15, 0.2) is 58.0 Å². The lowest BCUT2D eigenvalue weighted by atomic mass is 10.1. The molecule has 1 aliphatic rings. The Kier molecular flexibility index (Phi) is 5.18. The van der Waals surface area contributed by atoms with Crippen molar-refractivity contribution >= 4 is 38.8 Å². The molecule has 1 amide bonds. The van der Waals surface area contributed by atoms with E-state index < -0.39 is 0 Å². The average Bonchev–Trinajstić information content (AvgIpc) is 3.02. The molecule has 0 spiro atoms. The van der Waals surface area contributed by atoms with Crippen LogP contribution in [0.4, 0.5) is 0 Å². The van der Waals surface area contributed by atoms with Gasteiger partial charge in [0.25, 0.3) is 5.91 Å². The number of hydrogen-bond donors (Lipinski definition) is 0. The predicted molar refractivity (Wildman–Crippen MR) is 100.0 cm³/mol. The minimum atomic E-state index is 0.0195. The van der Waals surface area contributed by atoms with Crippen LogP contribution in [0, 0.1) is 6.92 Å². The fourth-order valence-corrected chi connectivity index (χ4v) is 3.79. The van der Waals surface area contributed by atoms with Gasteiger partial charge in [-0.05, 0) is 42.3 Å². The standard InChI is InChI=1S/C18H17BrN2OS/c1-13-4-2-3-5-15(13)12-23-18-20-10-11-21(18)17(22)14-6-8-16(19)9-7-14/h2-9H,10-12H2,1H3. The highest BCUT2D eigenvalue weighted by Gasteiger charge is 2.25. The maximum Gasteiger partial charge on any atom is 0.259 e. The highest BCUT2D eigenvalue weighted by molar-refractivity contribution is 9.10. The Morgan fingerprint density at radius 2 is 1.96 bits per heavy atom. The Morgan fingerprint density at radius 1 is 1.22 bits per heavy atom. The van der Waals surface area contributed by atoms with Crippen LogP contribution >= 0.6 is 27.7 Å². The van der Waals surface area contributed by atoms with Crippen molar-refractivity contribution in [1.82, 2.24) is 4.90 Å². The number of amides is 1. The van der Waals surface area contributed by atoms with Crippen molar-refractivity contribution in [3.63, 3.8) is 0 Å². The molecule has 3 nitrogen and oxygen atoms in total. The first kappa shape index (κ1) is 16.3. The number of amidine groups is 1. The molecule has 0 radical (unpaired) electrons. The fourth-order valence-electron chi connectivity index (χ4n) is 2.40. The van der Waals surface area contributed by atoms with E-state index in [1.165, 1.54) is 11.1 Å². The van der Waals surface area contributed by atoms with E-state index in [1.54, 1.807) is 16.7 Å². The van der Waals surface area contributed by atoms with E-state index in [2.05, 4.69) is 40.0 Å². The first-order chi connectivity index (χ1) is 11.1. The van der Waals surface area contributed by atoms with E-state index in [9.17, 15) is 4.79 Å². The first-order valence-electron chi connectivity index (χ1n) is 7.44. The number of benzene rings is 2. The molecule has 3 rings (SSSR count). The molecule has 0 N–H and O–H groups in total. The molecule has 5 heteroatoms. The Bertz CT molecular complexity index is 743. The molecule has 0 fully saturated rings. The molecule has 118 valence electrons. The highest BCUT2D eigenvalue weighted by Crippen LogP contribution is 2.23. The van der Waals surface area contributed by atoms with E-state index in [4.69, 9.17) is 0 Å². The highest BCUT2D eigenvalue weighted by atomic mass is 79.9. The number of thioether (sulfide) groups is 1. The second kappa shape index (κ2) is 7.32. The van der Waals surface area contributed by atoms with Gasteiger partial charge in [-0.3, -0.25) is 14.7 Å². The SMILES string of the molecule is Cc1ccccc1CSC1=NCCN1C(=O)c1ccc(Br)cc1. The molecule has 0 aliphatic carbocycles. The molecule has 23 heavy (non-hydrogen) atoms. The maximum atomic E-state index is 12.7. The van der Waals surface area contributed by atoms with Crippen LogP contribution in [0.2, 0.25) is 0 Å². The van der Waals surface area contributed by atoms with Gasteiger partial charge in [-0.2, -0.15) is 0 Å². The molecular formula is C18H17BrN2OS. The number of aliphatic imine (C=N–C) groups is 1. The lowest BCUT2D eigenvalue weighted by Crippen LogP contribution is -2.32. The van der Waals surface area contributed by atoms with Gasteiger partial charge in [0.05, 0.1) is 6.54 Å². The molecule has 1 heterocycles. The number of carbonyl (C=O) groups excluding carboxylic acids is 1. The summed E-state index contributed by atoms with van der Waals surface area (Å²) < 4.78 is 0.971. The average molecular weight is 389 g/mol. The Morgan fingerprint density at radius 3 is 2.70 bits per heavy atom. The van der Waals surface area contributed by atoms with Crippen molar-refractivity contribution in [3.8, 4) is 0 Å². The van der Waals surface area contributed by atoms with Crippen molar-refractivity contribution in [1.29, 1.82) is 0 Å². The summed E-state index contributed by atoms with van der Waals surface area (Å²) in [5, 5.41) is 0.821. The molecular weight excluding hydrogens is 372 g/mol. The summed E-state index contributed by atoms with van der Waals surface area (Å²) in [5.41, 5.74) is 3.24. The summed E-state index contributed by atoms with van der Waals surface area (Å²) in [6.07, 6.45) is 0. The second-order valence-corrected chi connectivity index (χ2v) is 7.20. The van der Waals surface area contributed by atoms with E-state index in [1.807, 2.05) is 36.4 Å². The Hall–Kier alpha value is -1.59. The number of hydrogen-bond acceptors (Lipinski definition) is 3. The molecule has 2 aromatic rings. The number of aryl methyl sites for hydroxylation is 1. The lowest BCUT2D eigenvalue weighted by Gasteiger charge is -2.18. The predicted octanol–water partition coefficient (Wildman–Crippen LogP) is 4.50. The van der Waals surface area contributed by atoms with Gasteiger partial charge in [0.1, 0.15) is 0 Å². The molecule has 0 atom stereocenters. The maximum absolute atomic E-state index is 12.7. The minimum Gasteiger partial charge on any atom is -0.286 e. The van der Waals surface area contributed by atoms with E-state index >= 15 is 0 Å². The van der Waals surface area contributed by atoms with Gasteiger partial charge in [-0.15, -0.1) is 0 Å². The van der Waals surface area contributed by atoms with Gasteiger partial charge in [-0.1, -0.05) is 52.0 Å². The van der Waals surface area contributed by atoms with Crippen LogP contribution < -0.4 is 0 Å². The smallest absolute Gasteiger partial charge is 0.259 e. The summed E-state index contributed by atoms with van der Waals surface area (Å²) in [5.74, 6) is 0.848. The van der Waals surface area contributed by atoms with E-state index in [-0.39, 0.29) is 5.91 Å². The summed E-state index contributed by atoms with van der Waals surface area (Å²) in [7, 11) is 0. The van der Waals surface area contributed by atoms with Crippen molar-refractivity contribution < 1.29 is 4.79 Å². The topological polar surface area (TPSA) is 32.7 Å². The van der Waals surface area contributed by atoms with Crippen molar-refractivity contribution in [2.45, 2.75) is 12.7 Å². The fraction of sp³-hybridized carbons (Fsp3) is 0.222. The van der Waals surface area contributed by atoms with Crippen LogP contribution in [0.3, 0.4) is 0 Å². The van der Waals surface area contributed by atoms with Crippen LogP contribution in [-0.4, -0.2) is 29.1 Å². The van der Waals surface area contributed by atoms with Gasteiger partial charge in [0.15, 0.2) is 5.17 Å². The quantitative estimate of drug-likeness (QED) is 0.774. The summed E-state index contributed by atoms with van der Waals surface area (Å²) >= 11 is 5.03. The summed E-state index contributed by atoms with van der Waals surface area (Å²) in [6.45, 7) is 3.44. The molecule has 0 saturated carbocycles. The van der Waals surface area contributed by atoms with Crippen molar-refractivity contribution in [2.24, 2.45) is 4.99 Å². The van der Waals surface area contributed by atoms with Crippen molar-refractivity contribution in [2.75, 3.05) is 13.1 Å². The third-order valence-corrected chi connectivity index (χ3v) is 5.35. The normalized spacial score (nSPS) is 14.0. The van der Waals surface area contributed by atoms with Crippen LogP contribution in [-0.2, 0) is 5.75 Å². The number of rotatable bonds is 3. The third kappa shape index (κ3) is 3.85. The van der Waals surface area contributed by atoms with Gasteiger partial charge < -0.3 is 0 Å². The molecule has 0 saturated heterocycles. The summed E-state index contributed by atoms with van der Waals surface area (Å²) in [6, 6.07) is 15.8. The molecule has 0 unspecified atom stereocenters. The number of carbonyl (C=O) groups is 1. The van der Waals surface area contributed by atoms with Gasteiger partial charge >= 0.3 is 0 Å². The van der Waals surface area contributed by atoms with Crippen LogP contribution in [0.1, 0.15) is 21.5 Å². The van der Waals surface area contributed by atoms with Crippen LogP contribution in [0.25, 0.3) is 0 Å². The molecule has 0 bridgehead atoms. The Balaban J connectivity index is 1.69. The zero-order valence-electron chi connectivity index (χ0n) is 12.8. The monoisotopic (exact) mass is 388 g/mol. The van der Waals surface area contributed by atoms with Crippen LogP contribution in [0.5, 0.6) is 0 Å². The van der Waals surface area contributed by atoms with Crippen molar-refractivity contribution in [3.05, 3.63) is 69.7 Å². The zero-order valence-corrected chi connectivity index (χ0v) is 15.2. The van der Waals surface area contributed by atoms with Gasteiger partial charge in [0, 0.05) is 22.3 Å². The van der Waals surface area contributed by atoms with Gasteiger partial charge in [-0.25, -0.2) is 0 Å².